The van der Waals surface area contributed by atoms with Crippen molar-refractivity contribution < 1.29 is 14.3 Å². The molecule has 1 amide bonds. The number of hydrogen-bond donors (Lipinski definition) is 0. The van der Waals surface area contributed by atoms with Crippen LogP contribution in [0.4, 0.5) is 0 Å². The van der Waals surface area contributed by atoms with E-state index in [1.807, 2.05) is 24.3 Å². The van der Waals surface area contributed by atoms with E-state index in [9.17, 15) is 9.59 Å². The monoisotopic (exact) mass is 247 g/mol. The van der Waals surface area contributed by atoms with Gasteiger partial charge in [0, 0.05) is 13.1 Å². The Morgan fingerprint density at radius 2 is 2.28 bits per heavy atom. The molecule has 0 unspecified atom stereocenters. The number of carbonyl (C=O) groups excluding carboxylic acids is 2. The first kappa shape index (κ1) is 12.6. The van der Waals surface area contributed by atoms with Crippen molar-refractivity contribution in [2.45, 2.75) is 19.9 Å². The number of Topliss-reactive ketones (excluding diaryl/α,β-unsaturated/α-hetero) is 1. The zero-order valence-electron chi connectivity index (χ0n) is 10.7. The molecule has 4 heteroatoms. The summed E-state index contributed by atoms with van der Waals surface area (Å²) >= 11 is 0. The Hall–Kier alpha value is -1.84. The maximum atomic E-state index is 12.0. The molecule has 0 aromatic heterocycles. The lowest BCUT2D eigenvalue weighted by Crippen LogP contribution is -2.29. The lowest BCUT2D eigenvalue weighted by atomic mass is 10.0. The second kappa shape index (κ2) is 5.21. The Balaban J connectivity index is 2.06. The molecular weight excluding hydrogens is 230 g/mol. The summed E-state index contributed by atoms with van der Waals surface area (Å²) in [7, 11) is 1.62. The standard InChI is InChI=1S/C14H17NO3/c1-10(16)13-6-7-15(14(13)17)9-11-4-3-5-12(8-11)18-2/h3-5,8,13H,6-7,9H2,1-2H3/t13-/m0/s1. The first-order chi connectivity index (χ1) is 8.61. The summed E-state index contributed by atoms with van der Waals surface area (Å²) in [5.41, 5.74) is 1.02. The van der Waals surface area contributed by atoms with Gasteiger partial charge in [0.2, 0.25) is 5.91 Å². The van der Waals surface area contributed by atoms with Crippen LogP contribution in [-0.4, -0.2) is 30.2 Å². The Morgan fingerprint density at radius 1 is 1.50 bits per heavy atom. The Kier molecular flexibility index (Phi) is 3.65. The van der Waals surface area contributed by atoms with Gasteiger partial charge in [0.15, 0.2) is 0 Å². The third-order valence-electron chi connectivity index (χ3n) is 3.30. The van der Waals surface area contributed by atoms with Crippen molar-refractivity contribution in [1.29, 1.82) is 0 Å². The first-order valence-electron chi connectivity index (χ1n) is 6.04. The number of rotatable bonds is 4. The molecule has 0 radical (unpaired) electrons. The van der Waals surface area contributed by atoms with Gasteiger partial charge < -0.3 is 9.64 Å². The van der Waals surface area contributed by atoms with Crippen molar-refractivity contribution in [3.63, 3.8) is 0 Å². The molecule has 0 saturated carbocycles. The normalized spacial score (nSPS) is 19.1. The van der Waals surface area contributed by atoms with E-state index in [0.29, 0.717) is 19.5 Å². The highest BCUT2D eigenvalue weighted by Gasteiger charge is 2.34. The van der Waals surface area contributed by atoms with E-state index >= 15 is 0 Å². The third kappa shape index (κ3) is 2.53. The number of carbonyl (C=O) groups is 2. The fraction of sp³-hybridized carbons (Fsp3) is 0.429. The van der Waals surface area contributed by atoms with Crippen molar-refractivity contribution in [2.24, 2.45) is 5.92 Å². The Morgan fingerprint density at radius 3 is 2.89 bits per heavy atom. The van der Waals surface area contributed by atoms with Gasteiger partial charge in [-0.15, -0.1) is 0 Å². The van der Waals surface area contributed by atoms with E-state index in [2.05, 4.69) is 0 Å². The van der Waals surface area contributed by atoms with Gasteiger partial charge in [0.25, 0.3) is 0 Å². The summed E-state index contributed by atoms with van der Waals surface area (Å²) in [6.45, 7) is 2.68. The number of ether oxygens (including phenoxy) is 1. The molecule has 0 aliphatic carbocycles. The maximum Gasteiger partial charge on any atom is 0.233 e. The molecule has 18 heavy (non-hydrogen) atoms. The summed E-state index contributed by atoms with van der Waals surface area (Å²) in [6, 6.07) is 7.64. The molecule has 2 rings (SSSR count). The van der Waals surface area contributed by atoms with Crippen LogP contribution in [-0.2, 0) is 16.1 Å². The summed E-state index contributed by atoms with van der Waals surface area (Å²) in [5.74, 6) is 0.260. The van der Waals surface area contributed by atoms with Crippen LogP contribution < -0.4 is 4.74 Å². The van der Waals surface area contributed by atoms with Gasteiger partial charge in [-0.2, -0.15) is 0 Å². The van der Waals surface area contributed by atoms with Gasteiger partial charge in [-0.1, -0.05) is 12.1 Å². The van der Waals surface area contributed by atoms with Crippen molar-refractivity contribution in [3.05, 3.63) is 29.8 Å². The minimum absolute atomic E-state index is 0.0341. The largest absolute Gasteiger partial charge is 0.497 e. The highest BCUT2D eigenvalue weighted by atomic mass is 16.5. The van der Waals surface area contributed by atoms with E-state index in [4.69, 9.17) is 4.74 Å². The maximum absolute atomic E-state index is 12.0. The smallest absolute Gasteiger partial charge is 0.233 e. The van der Waals surface area contributed by atoms with Crippen LogP contribution in [0, 0.1) is 5.92 Å². The average Bonchev–Trinajstić information content (AvgIpc) is 2.71. The van der Waals surface area contributed by atoms with Gasteiger partial charge in [-0.3, -0.25) is 9.59 Å². The molecule has 96 valence electrons. The molecule has 1 aromatic rings. The number of benzene rings is 1. The Labute approximate surface area is 107 Å². The summed E-state index contributed by atoms with van der Waals surface area (Å²) in [4.78, 5) is 25.0. The second-order valence-electron chi connectivity index (χ2n) is 4.56. The van der Waals surface area contributed by atoms with Gasteiger partial charge in [-0.05, 0) is 31.0 Å². The molecule has 1 aliphatic rings. The number of methoxy groups -OCH3 is 1. The van der Waals surface area contributed by atoms with Crippen LogP contribution in [0.2, 0.25) is 0 Å². The molecule has 1 heterocycles. The molecule has 1 aromatic carbocycles. The van der Waals surface area contributed by atoms with Crippen molar-refractivity contribution in [2.75, 3.05) is 13.7 Å². The SMILES string of the molecule is COc1cccc(CN2CC[C@@H](C(C)=O)C2=O)c1. The zero-order chi connectivity index (χ0) is 13.1. The van der Waals surface area contributed by atoms with E-state index < -0.39 is 5.92 Å². The molecule has 1 atom stereocenters. The predicted molar refractivity (Wildman–Crippen MR) is 67.2 cm³/mol. The van der Waals surface area contributed by atoms with Gasteiger partial charge in [-0.25, -0.2) is 0 Å². The molecular formula is C14H17NO3. The molecule has 1 aliphatic heterocycles. The predicted octanol–water partition coefficient (Wildman–Crippen LogP) is 1.63. The highest BCUT2D eigenvalue weighted by Crippen LogP contribution is 2.22. The Bertz CT molecular complexity index is 470. The van der Waals surface area contributed by atoms with Crippen LogP contribution in [0.15, 0.2) is 24.3 Å². The third-order valence-corrected chi connectivity index (χ3v) is 3.30. The fourth-order valence-corrected chi connectivity index (χ4v) is 2.26. The van der Waals surface area contributed by atoms with Crippen molar-refractivity contribution in [3.8, 4) is 5.75 Å². The summed E-state index contributed by atoms with van der Waals surface area (Å²) < 4.78 is 5.15. The first-order valence-corrected chi connectivity index (χ1v) is 6.04. The molecule has 1 fully saturated rings. The van der Waals surface area contributed by atoms with Gasteiger partial charge in [0.1, 0.15) is 11.5 Å². The van der Waals surface area contributed by atoms with Crippen molar-refractivity contribution in [1.82, 2.24) is 4.90 Å². The van der Waals surface area contributed by atoms with E-state index in [0.717, 1.165) is 11.3 Å². The quantitative estimate of drug-likeness (QED) is 0.760. The van der Waals surface area contributed by atoms with Gasteiger partial charge >= 0.3 is 0 Å². The second-order valence-corrected chi connectivity index (χ2v) is 4.56. The van der Waals surface area contributed by atoms with Crippen LogP contribution in [0.5, 0.6) is 5.75 Å². The minimum atomic E-state index is -0.435. The lowest BCUT2D eigenvalue weighted by Gasteiger charge is -2.16. The molecule has 4 nitrogen and oxygen atoms in total. The van der Waals surface area contributed by atoms with E-state index in [1.54, 1.807) is 12.0 Å². The summed E-state index contributed by atoms with van der Waals surface area (Å²) in [5, 5.41) is 0. The highest BCUT2D eigenvalue weighted by molar-refractivity contribution is 6.01. The van der Waals surface area contributed by atoms with E-state index in [1.165, 1.54) is 6.92 Å². The van der Waals surface area contributed by atoms with Crippen LogP contribution in [0.25, 0.3) is 0 Å². The molecule has 0 spiro atoms. The fourth-order valence-electron chi connectivity index (χ4n) is 2.26. The zero-order valence-corrected chi connectivity index (χ0v) is 10.7. The van der Waals surface area contributed by atoms with Gasteiger partial charge in [0.05, 0.1) is 13.0 Å². The average molecular weight is 247 g/mol. The number of likely N-dealkylation sites (tertiary alicyclic amines) is 1. The van der Waals surface area contributed by atoms with Crippen LogP contribution in [0.1, 0.15) is 18.9 Å². The van der Waals surface area contributed by atoms with Crippen LogP contribution in [0.3, 0.4) is 0 Å². The topological polar surface area (TPSA) is 46.6 Å². The summed E-state index contributed by atoms with van der Waals surface area (Å²) in [6.07, 6.45) is 0.637. The molecule has 1 saturated heterocycles. The number of ketones is 1. The molecule has 0 bridgehead atoms. The lowest BCUT2D eigenvalue weighted by molar-refractivity contribution is -0.136. The number of hydrogen-bond acceptors (Lipinski definition) is 3. The minimum Gasteiger partial charge on any atom is -0.497 e. The number of amides is 1. The van der Waals surface area contributed by atoms with E-state index in [-0.39, 0.29) is 11.7 Å². The number of nitrogens with zero attached hydrogens (tertiary/aromatic N) is 1. The van der Waals surface area contributed by atoms with Crippen LogP contribution >= 0.6 is 0 Å². The van der Waals surface area contributed by atoms with Crippen molar-refractivity contribution >= 4 is 11.7 Å². The molecule has 0 N–H and O–H groups in total.